The molecule has 1 aromatic carbocycles. The van der Waals surface area contributed by atoms with Crippen molar-refractivity contribution in [2.45, 2.75) is 18.4 Å². The van der Waals surface area contributed by atoms with Crippen LogP contribution in [0.25, 0.3) is 0 Å². The van der Waals surface area contributed by atoms with Crippen molar-refractivity contribution in [3.05, 3.63) is 18.2 Å². The Kier molecular flexibility index (Phi) is 2.22. The summed E-state index contributed by atoms with van der Waals surface area (Å²) in [5, 5.41) is 6.06. The van der Waals surface area contributed by atoms with E-state index in [0.29, 0.717) is 11.4 Å². The standard InChI is InChI=1S/C12H15N3O2/c13-12(3-4-12)7-14-8-1-2-10-9(5-8)15-11(16)6-17-10/h1-2,5,14H,3-4,6-7,13H2,(H,15,16). The lowest BCUT2D eigenvalue weighted by Gasteiger charge is -2.19. The second-order valence-corrected chi connectivity index (χ2v) is 4.76. The minimum atomic E-state index is -0.118. The van der Waals surface area contributed by atoms with Gasteiger partial charge in [-0.15, -0.1) is 0 Å². The lowest BCUT2D eigenvalue weighted by Crippen LogP contribution is -2.31. The minimum absolute atomic E-state index is 0.0321. The van der Waals surface area contributed by atoms with Gasteiger partial charge in [0.05, 0.1) is 5.69 Å². The summed E-state index contributed by atoms with van der Waals surface area (Å²) < 4.78 is 5.28. The van der Waals surface area contributed by atoms with Crippen molar-refractivity contribution < 1.29 is 9.53 Å². The number of anilines is 2. The van der Waals surface area contributed by atoms with E-state index in [1.165, 1.54) is 0 Å². The van der Waals surface area contributed by atoms with Crippen molar-refractivity contribution in [2.75, 3.05) is 23.8 Å². The van der Waals surface area contributed by atoms with Crippen LogP contribution in [0.15, 0.2) is 18.2 Å². The monoisotopic (exact) mass is 233 g/mol. The zero-order chi connectivity index (χ0) is 11.9. The molecule has 1 aromatic rings. The first-order valence-electron chi connectivity index (χ1n) is 5.74. The topological polar surface area (TPSA) is 76.4 Å². The van der Waals surface area contributed by atoms with E-state index in [0.717, 1.165) is 25.1 Å². The Morgan fingerprint density at radius 2 is 2.29 bits per heavy atom. The Morgan fingerprint density at radius 1 is 1.47 bits per heavy atom. The normalized spacial score (nSPS) is 19.9. The third kappa shape index (κ3) is 2.19. The van der Waals surface area contributed by atoms with Crippen LogP contribution in [0.1, 0.15) is 12.8 Å². The highest BCUT2D eigenvalue weighted by Gasteiger charge is 2.37. The zero-order valence-corrected chi connectivity index (χ0v) is 9.45. The number of nitrogens with one attached hydrogen (secondary N) is 2. The molecule has 90 valence electrons. The average molecular weight is 233 g/mol. The first-order chi connectivity index (χ1) is 8.15. The van der Waals surface area contributed by atoms with E-state index in [4.69, 9.17) is 10.5 Å². The van der Waals surface area contributed by atoms with Crippen LogP contribution >= 0.6 is 0 Å². The van der Waals surface area contributed by atoms with Crippen LogP contribution in [0.5, 0.6) is 5.75 Å². The second kappa shape index (κ2) is 3.63. The lowest BCUT2D eigenvalue weighted by molar-refractivity contribution is -0.118. The number of hydrogen-bond donors (Lipinski definition) is 3. The summed E-state index contributed by atoms with van der Waals surface area (Å²) in [7, 11) is 0. The molecule has 3 rings (SSSR count). The Bertz CT molecular complexity index is 469. The SMILES string of the molecule is NC1(CNc2ccc3c(c2)NC(=O)CO3)CC1. The van der Waals surface area contributed by atoms with Gasteiger partial charge in [0.2, 0.25) is 0 Å². The number of carbonyl (C=O) groups is 1. The van der Waals surface area contributed by atoms with Crippen molar-refractivity contribution in [1.82, 2.24) is 0 Å². The molecule has 0 saturated heterocycles. The first kappa shape index (κ1) is 10.4. The van der Waals surface area contributed by atoms with Gasteiger partial charge in [0, 0.05) is 17.8 Å². The highest BCUT2D eigenvalue weighted by atomic mass is 16.5. The molecular formula is C12H15N3O2. The van der Waals surface area contributed by atoms with E-state index < -0.39 is 0 Å². The number of nitrogens with two attached hydrogens (primary N) is 1. The predicted molar refractivity (Wildman–Crippen MR) is 65.2 cm³/mol. The Labute approximate surface area is 99.3 Å². The van der Waals surface area contributed by atoms with Gasteiger partial charge < -0.3 is 21.1 Å². The fourth-order valence-corrected chi connectivity index (χ4v) is 1.81. The summed E-state index contributed by atoms with van der Waals surface area (Å²) in [5.74, 6) is 0.594. The molecule has 0 bridgehead atoms. The summed E-state index contributed by atoms with van der Waals surface area (Å²) in [4.78, 5) is 11.2. The van der Waals surface area contributed by atoms with E-state index in [-0.39, 0.29) is 18.1 Å². The second-order valence-electron chi connectivity index (χ2n) is 4.76. The molecule has 17 heavy (non-hydrogen) atoms. The number of amides is 1. The van der Waals surface area contributed by atoms with Gasteiger partial charge in [-0.1, -0.05) is 0 Å². The number of rotatable bonds is 3. The van der Waals surface area contributed by atoms with Crippen LogP contribution in [0.4, 0.5) is 11.4 Å². The van der Waals surface area contributed by atoms with Gasteiger partial charge in [-0.05, 0) is 31.0 Å². The minimum Gasteiger partial charge on any atom is -0.482 e. The summed E-state index contributed by atoms with van der Waals surface area (Å²) >= 11 is 0. The lowest BCUT2D eigenvalue weighted by atomic mass is 10.2. The van der Waals surface area contributed by atoms with Crippen molar-refractivity contribution in [3.63, 3.8) is 0 Å². The quantitative estimate of drug-likeness (QED) is 0.725. The summed E-state index contributed by atoms with van der Waals surface area (Å²) in [5.41, 5.74) is 7.63. The van der Waals surface area contributed by atoms with Crippen molar-refractivity contribution in [1.29, 1.82) is 0 Å². The average Bonchev–Trinajstić information content (AvgIpc) is 3.05. The first-order valence-corrected chi connectivity index (χ1v) is 5.74. The molecule has 1 saturated carbocycles. The van der Waals surface area contributed by atoms with Crippen LogP contribution in [-0.4, -0.2) is 24.6 Å². The highest BCUT2D eigenvalue weighted by Crippen LogP contribution is 2.34. The number of hydrogen-bond acceptors (Lipinski definition) is 4. The van der Waals surface area contributed by atoms with Gasteiger partial charge in [-0.3, -0.25) is 4.79 Å². The Morgan fingerprint density at radius 3 is 3.06 bits per heavy atom. The van der Waals surface area contributed by atoms with E-state index in [1.54, 1.807) is 0 Å². The molecule has 0 atom stereocenters. The maximum atomic E-state index is 11.2. The fraction of sp³-hybridized carbons (Fsp3) is 0.417. The summed E-state index contributed by atoms with van der Waals surface area (Å²) in [6.07, 6.45) is 2.15. The van der Waals surface area contributed by atoms with Gasteiger partial charge in [-0.2, -0.15) is 0 Å². The van der Waals surface area contributed by atoms with E-state index in [9.17, 15) is 4.79 Å². The molecule has 1 heterocycles. The van der Waals surface area contributed by atoms with Gasteiger partial charge in [0.1, 0.15) is 5.75 Å². The van der Waals surface area contributed by atoms with Crippen molar-refractivity contribution in [2.24, 2.45) is 5.73 Å². The Balaban J connectivity index is 1.73. The van der Waals surface area contributed by atoms with Gasteiger partial charge in [0.15, 0.2) is 6.61 Å². The molecule has 0 unspecified atom stereocenters. The zero-order valence-electron chi connectivity index (χ0n) is 9.45. The molecule has 1 fully saturated rings. The van der Waals surface area contributed by atoms with Crippen LogP contribution in [-0.2, 0) is 4.79 Å². The largest absolute Gasteiger partial charge is 0.482 e. The Hall–Kier alpha value is -1.75. The molecule has 1 amide bonds. The molecule has 2 aliphatic rings. The highest BCUT2D eigenvalue weighted by molar-refractivity contribution is 5.96. The third-order valence-electron chi connectivity index (χ3n) is 3.15. The summed E-state index contributed by atoms with van der Waals surface area (Å²) in [6, 6.07) is 5.66. The van der Waals surface area contributed by atoms with Gasteiger partial charge in [0.25, 0.3) is 5.91 Å². The fourth-order valence-electron chi connectivity index (χ4n) is 1.81. The molecular weight excluding hydrogens is 218 g/mol. The van der Waals surface area contributed by atoms with Crippen molar-refractivity contribution >= 4 is 17.3 Å². The smallest absolute Gasteiger partial charge is 0.262 e. The van der Waals surface area contributed by atoms with E-state index in [2.05, 4.69) is 10.6 Å². The molecule has 4 N–H and O–H groups in total. The van der Waals surface area contributed by atoms with Crippen LogP contribution < -0.4 is 21.1 Å². The summed E-state index contributed by atoms with van der Waals surface area (Å²) in [6.45, 7) is 0.853. The van der Waals surface area contributed by atoms with Crippen LogP contribution in [0.2, 0.25) is 0 Å². The number of ether oxygens (including phenoxy) is 1. The van der Waals surface area contributed by atoms with Gasteiger partial charge in [-0.25, -0.2) is 0 Å². The third-order valence-corrected chi connectivity index (χ3v) is 3.15. The number of fused-ring (bicyclic) bond motifs is 1. The molecule has 5 heteroatoms. The molecule has 5 nitrogen and oxygen atoms in total. The number of carbonyl (C=O) groups excluding carboxylic acids is 1. The predicted octanol–water partition coefficient (Wildman–Crippen LogP) is 0.921. The maximum Gasteiger partial charge on any atom is 0.262 e. The molecule has 0 spiro atoms. The molecule has 1 aliphatic heterocycles. The molecule has 0 aromatic heterocycles. The van der Waals surface area contributed by atoms with Crippen LogP contribution in [0.3, 0.4) is 0 Å². The van der Waals surface area contributed by atoms with E-state index in [1.807, 2.05) is 18.2 Å². The van der Waals surface area contributed by atoms with Crippen molar-refractivity contribution in [3.8, 4) is 5.75 Å². The van der Waals surface area contributed by atoms with Crippen LogP contribution in [0, 0.1) is 0 Å². The van der Waals surface area contributed by atoms with E-state index >= 15 is 0 Å². The molecule has 0 radical (unpaired) electrons. The molecule has 1 aliphatic carbocycles. The maximum absolute atomic E-state index is 11.2. The van der Waals surface area contributed by atoms with Gasteiger partial charge >= 0.3 is 0 Å². The number of benzene rings is 1.